The molecule has 0 aliphatic carbocycles. The molecule has 16 heteroatoms. The molecule has 1 aliphatic rings. The Bertz CT molecular complexity index is 1510. The van der Waals surface area contributed by atoms with Crippen molar-refractivity contribution in [3.8, 4) is 0 Å². The first-order chi connectivity index (χ1) is 17.5. The van der Waals surface area contributed by atoms with E-state index in [1.54, 1.807) is 11.6 Å². The second-order valence-corrected chi connectivity index (χ2v) is 14.9. The average molecular weight is 621 g/mol. The molecule has 3 rings (SSSR count). The molecule has 1 aliphatic heterocycles. The minimum absolute atomic E-state index is 0.0173. The van der Waals surface area contributed by atoms with Gasteiger partial charge in [0.05, 0.1) is 4.90 Å². The van der Waals surface area contributed by atoms with Crippen LogP contribution in [0.3, 0.4) is 0 Å². The van der Waals surface area contributed by atoms with Crippen LogP contribution >= 0.6 is 11.6 Å². The van der Waals surface area contributed by atoms with E-state index in [1.807, 2.05) is 0 Å². The van der Waals surface area contributed by atoms with Crippen LogP contribution in [-0.2, 0) is 29.9 Å². The van der Waals surface area contributed by atoms with Crippen molar-refractivity contribution in [3.63, 3.8) is 0 Å². The van der Waals surface area contributed by atoms with Crippen molar-refractivity contribution < 1.29 is 42.8 Å². The molecule has 0 spiro atoms. The third-order valence-corrected chi connectivity index (χ3v) is 11.7. The lowest BCUT2D eigenvalue weighted by Gasteiger charge is -2.41. The molecule has 0 bridgehead atoms. The van der Waals surface area contributed by atoms with Gasteiger partial charge >= 0.3 is 15.5 Å². The number of halogens is 5. The van der Waals surface area contributed by atoms with E-state index in [2.05, 4.69) is 0 Å². The fourth-order valence-electron chi connectivity index (χ4n) is 4.40. The largest absolute Gasteiger partial charge is 0.511 e. The number of nitrogens with one attached hydrogen (secondary N) is 1. The molecule has 1 N–H and O–H groups in total. The number of benzene rings is 2. The Hall–Kier alpha value is -1.78. The van der Waals surface area contributed by atoms with E-state index in [1.165, 1.54) is 18.2 Å². The Morgan fingerprint density at radius 1 is 0.947 bits per heavy atom. The fourth-order valence-corrected chi connectivity index (χ4v) is 8.87. The Morgan fingerprint density at radius 2 is 1.55 bits per heavy atom. The molecule has 0 aromatic heterocycles. The summed E-state index contributed by atoms with van der Waals surface area (Å²) in [5.74, 6) is -1.08. The highest BCUT2D eigenvalue weighted by atomic mass is 35.5. The van der Waals surface area contributed by atoms with Crippen LogP contribution in [-0.4, -0.2) is 54.7 Å². The lowest BCUT2D eigenvalue weighted by molar-refractivity contribution is -0.0451. The molecule has 8 nitrogen and oxygen atoms in total. The summed E-state index contributed by atoms with van der Waals surface area (Å²) < 4.78 is 132. The number of hydrogen-bond donors (Lipinski definition) is 1. The number of sulfonamides is 2. The number of hydrogen-bond acceptors (Lipinski definition) is 6. The van der Waals surface area contributed by atoms with E-state index in [0.29, 0.717) is 12.8 Å². The van der Waals surface area contributed by atoms with E-state index in [4.69, 9.17) is 11.6 Å². The van der Waals surface area contributed by atoms with Gasteiger partial charge in [-0.3, -0.25) is 0 Å². The zero-order valence-corrected chi connectivity index (χ0v) is 23.2. The van der Waals surface area contributed by atoms with Crippen molar-refractivity contribution in [3.05, 3.63) is 53.3 Å². The molecule has 1 saturated heterocycles. The standard InChI is InChI=1S/C22H25ClF4N2O6S3/c1-2-9-21(15-28-38(34,35)22(25,26)27)10-12-29(13-11-21)37(32,33)19-8-7-16(23)14-20(19)36(30,31)18-6-4-3-5-17(18)24/h3-8,14,28H,2,9-13,15H2,1H3. The quantitative estimate of drug-likeness (QED) is 0.417. The van der Waals surface area contributed by atoms with Crippen molar-refractivity contribution >= 4 is 41.5 Å². The van der Waals surface area contributed by atoms with Crippen LogP contribution in [0.4, 0.5) is 17.6 Å². The topological polar surface area (TPSA) is 118 Å². The van der Waals surface area contributed by atoms with Gasteiger partial charge in [0.2, 0.25) is 19.9 Å². The second-order valence-electron chi connectivity index (χ2n) is 8.95. The van der Waals surface area contributed by atoms with Gasteiger partial charge in [-0.15, -0.1) is 0 Å². The highest BCUT2D eigenvalue weighted by molar-refractivity contribution is 7.93. The van der Waals surface area contributed by atoms with Crippen LogP contribution < -0.4 is 4.72 Å². The number of nitrogens with zero attached hydrogens (tertiary/aromatic N) is 1. The molecule has 0 saturated carbocycles. The van der Waals surface area contributed by atoms with Crippen LogP contribution in [0.1, 0.15) is 32.6 Å². The summed E-state index contributed by atoms with van der Waals surface area (Å²) in [5, 5.41) is -0.101. The van der Waals surface area contributed by atoms with Crippen LogP contribution in [0, 0.1) is 11.2 Å². The van der Waals surface area contributed by atoms with Gasteiger partial charge in [-0.1, -0.05) is 37.1 Å². The van der Waals surface area contributed by atoms with Crippen LogP contribution in [0.15, 0.2) is 57.2 Å². The maximum absolute atomic E-state index is 14.4. The maximum atomic E-state index is 14.4. The average Bonchev–Trinajstić information content (AvgIpc) is 2.83. The monoisotopic (exact) mass is 620 g/mol. The van der Waals surface area contributed by atoms with Crippen LogP contribution in [0.25, 0.3) is 0 Å². The van der Waals surface area contributed by atoms with Gasteiger partial charge in [-0.25, -0.2) is 34.4 Å². The maximum Gasteiger partial charge on any atom is 0.511 e. The van der Waals surface area contributed by atoms with E-state index in [0.717, 1.165) is 28.6 Å². The zero-order valence-electron chi connectivity index (χ0n) is 20.0. The molecule has 0 amide bonds. The van der Waals surface area contributed by atoms with Gasteiger partial charge in [0.25, 0.3) is 0 Å². The summed E-state index contributed by atoms with van der Waals surface area (Å²) in [7, 11) is -14.7. The Labute approximate surface area is 224 Å². The van der Waals surface area contributed by atoms with E-state index < -0.39 is 67.9 Å². The molecule has 0 radical (unpaired) electrons. The van der Waals surface area contributed by atoms with Crippen LogP contribution in [0.5, 0.6) is 0 Å². The Kier molecular flexibility index (Phi) is 8.91. The number of piperidine rings is 1. The van der Waals surface area contributed by atoms with Crippen molar-refractivity contribution in [2.24, 2.45) is 5.41 Å². The van der Waals surface area contributed by atoms with Crippen molar-refractivity contribution in [1.29, 1.82) is 0 Å². The fraction of sp³-hybridized carbons (Fsp3) is 0.455. The summed E-state index contributed by atoms with van der Waals surface area (Å²) in [6.07, 6.45) is 0.866. The van der Waals surface area contributed by atoms with Gasteiger partial charge in [-0.05, 0) is 55.0 Å². The minimum Gasteiger partial charge on any atom is -0.218 e. The first-order valence-electron chi connectivity index (χ1n) is 11.3. The molecular weight excluding hydrogens is 596 g/mol. The lowest BCUT2D eigenvalue weighted by Crippen LogP contribution is -2.49. The van der Waals surface area contributed by atoms with E-state index >= 15 is 0 Å². The number of rotatable bonds is 9. The predicted molar refractivity (Wildman–Crippen MR) is 132 cm³/mol. The van der Waals surface area contributed by atoms with Gasteiger partial charge in [0, 0.05) is 24.7 Å². The third-order valence-electron chi connectivity index (χ3n) is 6.44. The van der Waals surface area contributed by atoms with Crippen molar-refractivity contribution in [1.82, 2.24) is 9.03 Å². The lowest BCUT2D eigenvalue weighted by atomic mass is 9.75. The Balaban J connectivity index is 1.93. The first-order valence-corrected chi connectivity index (χ1v) is 16.1. The van der Waals surface area contributed by atoms with E-state index in [9.17, 15) is 42.8 Å². The summed E-state index contributed by atoms with van der Waals surface area (Å²) in [4.78, 5) is -2.10. The molecule has 0 atom stereocenters. The zero-order chi connectivity index (χ0) is 28.6. The van der Waals surface area contributed by atoms with Crippen molar-refractivity contribution in [2.75, 3.05) is 19.6 Å². The van der Waals surface area contributed by atoms with Crippen LogP contribution in [0.2, 0.25) is 5.02 Å². The molecule has 1 heterocycles. The van der Waals surface area contributed by atoms with E-state index in [-0.39, 0.29) is 31.0 Å². The van der Waals surface area contributed by atoms with Gasteiger partial charge < -0.3 is 0 Å². The molecule has 0 unspecified atom stereocenters. The number of alkyl halides is 3. The molecule has 1 fully saturated rings. The SMILES string of the molecule is CCCC1(CNS(=O)(=O)C(F)(F)F)CCN(S(=O)(=O)c2ccc(Cl)cc2S(=O)(=O)c2ccccc2F)CC1. The molecule has 38 heavy (non-hydrogen) atoms. The summed E-state index contributed by atoms with van der Waals surface area (Å²) >= 11 is 5.96. The number of sulfone groups is 1. The first kappa shape index (κ1) is 30.8. The third kappa shape index (κ3) is 6.17. The van der Waals surface area contributed by atoms with Gasteiger partial charge in [0.1, 0.15) is 15.6 Å². The molecule has 2 aromatic carbocycles. The van der Waals surface area contributed by atoms with Gasteiger partial charge in [-0.2, -0.15) is 17.5 Å². The van der Waals surface area contributed by atoms with Gasteiger partial charge in [0.15, 0.2) is 0 Å². The van der Waals surface area contributed by atoms with Crippen molar-refractivity contribution in [2.45, 2.75) is 52.8 Å². The molecule has 2 aromatic rings. The molecule has 212 valence electrons. The summed E-state index contributed by atoms with van der Waals surface area (Å²) in [6, 6.07) is 7.53. The highest BCUT2D eigenvalue weighted by Crippen LogP contribution is 2.39. The second kappa shape index (κ2) is 11.0. The Morgan fingerprint density at radius 3 is 2.11 bits per heavy atom. The summed E-state index contributed by atoms with van der Waals surface area (Å²) in [5.41, 5.74) is -6.43. The molecular formula is C22H25ClF4N2O6S3. The predicted octanol–water partition coefficient (Wildman–Crippen LogP) is 4.32. The summed E-state index contributed by atoms with van der Waals surface area (Å²) in [6.45, 7) is 0.802. The highest BCUT2D eigenvalue weighted by Gasteiger charge is 2.48. The smallest absolute Gasteiger partial charge is 0.218 e. The minimum atomic E-state index is -5.59. The normalized spacial score (nSPS) is 17.4.